The van der Waals surface area contributed by atoms with Crippen LogP contribution in [0, 0.1) is 0 Å². The van der Waals surface area contributed by atoms with Crippen LogP contribution in [0.15, 0.2) is 24.3 Å². The number of Topliss-reactive ketones (excluding diaryl/α,β-unsaturated/α-hetero) is 1. The maximum absolute atomic E-state index is 11.2. The summed E-state index contributed by atoms with van der Waals surface area (Å²) < 4.78 is 0. The topological polar surface area (TPSA) is 54.4 Å². The molecule has 0 aliphatic carbocycles. The third kappa shape index (κ3) is 2.91. The fourth-order valence-electron chi connectivity index (χ4n) is 0.887. The number of carbonyl (C=O) groups is 2. The van der Waals surface area contributed by atoms with Crippen molar-refractivity contribution in [2.45, 2.75) is 6.42 Å². The molecule has 1 N–H and O–H groups in total. The lowest BCUT2D eigenvalue weighted by Crippen LogP contribution is -2.02. The van der Waals surface area contributed by atoms with E-state index in [4.69, 9.17) is 5.11 Å². The Morgan fingerprint density at radius 3 is 2.23 bits per heavy atom. The average Bonchev–Trinajstić information content (AvgIpc) is 2.04. The number of rotatable bonds is 3. The average molecular weight is 196 g/mol. The molecule has 0 atom stereocenters. The Labute approximate surface area is 80.8 Å². The van der Waals surface area contributed by atoms with Crippen LogP contribution in [-0.2, 0) is 4.79 Å². The van der Waals surface area contributed by atoms with Crippen LogP contribution >= 0.6 is 12.6 Å². The number of aromatic hydroxyl groups is 1. The highest BCUT2D eigenvalue weighted by Gasteiger charge is 2.08. The van der Waals surface area contributed by atoms with Gasteiger partial charge in [0.25, 0.3) is 0 Å². The number of hydrogen-bond acceptors (Lipinski definition) is 3. The van der Waals surface area contributed by atoms with Gasteiger partial charge in [-0.05, 0) is 24.3 Å². The lowest BCUT2D eigenvalue weighted by atomic mass is 10.1. The fourth-order valence-corrected chi connectivity index (χ4v) is 1.03. The summed E-state index contributed by atoms with van der Waals surface area (Å²) in [5.74, 6) is -0.200. The highest BCUT2D eigenvalue weighted by Crippen LogP contribution is 2.11. The Morgan fingerprint density at radius 1 is 1.23 bits per heavy atom. The lowest BCUT2D eigenvalue weighted by molar-refractivity contribution is -0.110. The molecule has 68 valence electrons. The summed E-state index contributed by atoms with van der Waals surface area (Å²) in [6.45, 7) is 0. The Balaban J connectivity index is 2.78. The van der Waals surface area contributed by atoms with E-state index in [9.17, 15) is 9.59 Å². The van der Waals surface area contributed by atoms with Gasteiger partial charge in [-0.2, -0.15) is 0 Å². The van der Waals surface area contributed by atoms with Crippen molar-refractivity contribution in [2.75, 3.05) is 0 Å². The molecule has 0 spiro atoms. The Kier molecular flexibility index (Phi) is 3.08. The van der Waals surface area contributed by atoms with Gasteiger partial charge in [-0.3, -0.25) is 9.59 Å². The molecular weight excluding hydrogens is 188 g/mol. The molecule has 1 rings (SSSR count). The third-order valence-electron chi connectivity index (χ3n) is 1.50. The Bertz CT molecular complexity index is 329. The molecule has 0 aliphatic rings. The van der Waals surface area contributed by atoms with E-state index in [1.807, 2.05) is 0 Å². The molecule has 0 aliphatic heterocycles. The minimum absolute atomic E-state index is 0.0914. The molecule has 0 fully saturated rings. The predicted octanol–water partition coefficient (Wildman–Crippen LogP) is 1.42. The largest absolute Gasteiger partial charge is 0.508 e. The van der Waals surface area contributed by atoms with Gasteiger partial charge in [0.2, 0.25) is 0 Å². The zero-order chi connectivity index (χ0) is 9.84. The monoisotopic (exact) mass is 196 g/mol. The van der Waals surface area contributed by atoms with Crippen LogP contribution < -0.4 is 0 Å². The second kappa shape index (κ2) is 4.09. The zero-order valence-corrected chi connectivity index (χ0v) is 7.62. The molecule has 4 heteroatoms. The number of thiol groups is 1. The number of hydrogen-bond donors (Lipinski definition) is 2. The lowest BCUT2D eigenvalue weighted by Gasteiger charge is -1.97. The summed E-state index contributed by atoms with van der Waals surface area (Å²) in [6.07, 6.45) is -0.214. The van der Waals surface area contributed by atoms with Gasteiger partial charge in [-0.1, -0.05) is 0 Å². The van der Waals surface area contributed by atoms with Gasteiger partial charge >= 0.3 is 0 Å². The molecule has 0 saturated carbocycles. The van der Waals surface area contributed by atoms with Crippen LogP contribution in [0.25, 0.3) is 0 Å². The van der Waals surface area contributed by atoms with Crippen molar-refractivity contribution in [3.63, 3.8) is 0 Å². The first-order valence-electron chi connectivity index (χ1n) is 3.63. The van der Waals surface area contributed by atoms with E-state index in [0.717, 1.165) is 0 Å². The van der Waals surface area contributed by atoms with Gasteiger partial charge < -0.3 is 5.11 Å². The van der Waals surface area contributed by atoms with Gasteiger partial charge in [0.1, 0.15) is 5.75 Å². The quantitative estimate of drug-likeness (QED) is 0.436. The van der Waals surface area contributed by atoms with Gasteiger partial charge in [0.15, 0.2) is 10.9 Å². The van der Waals surface area contributed by atoms with E-state index in [2.05, 4.69) is 12.6 Å². The van der Waals surface area contributed by atoms with Crippen molar-refractivity contribution in [3.8, 4) is 5.75 Å². The fraction of sp³-hybridized carbons (Fsp3) is 0.111. The van der Waals surface area contributed by atoms with Crippen LogP contribution in [0.4, 0.5) is 0 Å². The molecule has 0 heterocycles. The van der Waals surface area contributed by atoms with Crippen LogP contribution in [-0.4, -0.2) is 16.0 Å². The molecule has 13 heavy (non-hydrogen) atoms. The van der Waals surface area contributed by atoms with Crippen LogP contribution in [0.1, 0.15) is 16.8 Å². The maximum atomic E-state index is 11.2. The predicted molar refractivity (Wildman–Crippen MR) is 51.0 cm³/mol. The summed E-state index contributed by atoms with van der Waals surface area (Å²) in [4.78, 5) is 21.7. The summed E-state index contributed by atoms with van der Waals surface area (Å²) in [7, 11) is 0. The van der Waals surface area contributed by atoms with Crippen LogP contribution in [0.3, 0.4) is 0 Å². The number of phenols is 1. The first-order valence-corrected chi connectivity index (χ1v) is 4.08. The zero-order valence-electron chi connectivity index (χ0n) is 6.73. The summed E-state index contributed by atoms with van der Waals surface area (Å²) in [6, 6.07) is 5.73. The van der Waals surface area contributed by atoms with Crippen LogP contribution in [0.2, 0.25) is 0 Å². The molecule has 0 bridgehead atoms. The summed E-state index contributed by atoms with van der Waals surface area (Å²) >= 11 is 3.50. The standard InChI is InChI=1S/C9H8O3S/c10-7-3-1-6(2-4-7)8(11)5-9(12)13/h1-4,10H,5H2,(H,12,13). The van der Waals surface area contributed by atoms with E-state index < -0.39 is 5.12 Å². The van der Waals surface area contributed by atoms with E-state index in [1.165, 1.54) is 24.3 Å². The second-order valence-electron chi connectivity index (χ2n) is 2.54. The molecule has 3 nitrogen and oxygen atoms in total. The number of benzene rings is 1. The van der Waals surface area contributed by atoms with Gasteiger partial charge in [-0.25, -0.2) is 0 Å². The van der Waals surface area contributed by atoms with E-state index in [1.54, 1.807) is 0 Å². The first-order chi connectivity index (χ1) is 6.09. The summed E-state index contributed by atoms with van der Waals surface area (Å²) in [5.41, 5.74) is 0.403. The van der Waals surface area contributed by atoms with E-state index in [-0.39, 0.29) is 18.0 Å². The van der Waals surface area contributed by atoms with Crippen molar-refractivity contribution in [1.82, 2.24) is 0 Å². The van der Waals surface area contributed by atoms with Gasteiger partial charge in [-0.15, -0.1) is 12.6 Å². The molecular formula is C9H8O3S. The molecule has 0 saturated heterocycles. The normalized spacial score (nSPS) is 9.62. The second-order valence-corrected chi connectivity index (χ2v) is 3.04. The van der Waals surface area contributed by atoms with Gasteiger partial charge in [0, 0.05) is 5.56 Å². The third-order valence-corrected chi connectivity index (χ3v) is 1.66. The number of phenolic OH excluding ortho intramolecular Hbond substituents is 1. The van der Waals surface area contributed by atoms with Crippen molar-refractivity contribution in [3.05, 3.63) is 29.8 Å². The number of carbonyl (C=O) groups excluding carboxylic acids is 2. The molecule has 1 aromatic rings. The molecule has 0 aromatic heterocycles. The molecule has 0 radical (unpaired) electrons. The minimum Gasteiger partial charge on any atom is -0.508 e. The van der Waals surface area contributed by atoms with Crippen molar-refractivity contribution < 1.29 is 14.7 Å². The highest BCUT2D eigenvalue weighted by molar-refractivity contribution is 7.96. The van der Waals surface area contributed by atoms with Crippen molar-refractivity contribution >= 4 is 23.5 Å². The Hall–Kier alpha value is -1.29. The molecule has 0 amide bonds. The van der Waals surface area contributed by atoms with E-state index >= 15 is 0 Å². The smallest absolute Gasteiger partial charge is 0.193 e. The van der Waals surface area contributed by atoms with E-state index in [0.29, 0.717) is 5.56 Å². The van der Waals surface area contributed by atoms with Crippen molar-refractivity contribution in [2.24, 2.45) is 0 Å². The van der Waals surface area contributed by atoms with Gasteiger partial charge in [0.05, 0.1) is 6.42 Å². The minimum atomic E-state index is -0.460. The summed E-state index contributed by atoms with van der Waals surface area (Å²) in [5, 5.41) is 8.47. The molecule has 1 aromatic carbocycles. The van der Waals surface area contributed by atoms with Crippen LogP contribution in [0.5, 0.6) is 5.75 Å². The first kappa shape index (κ1) is 9.80. The molecule has 0 unspecified atom stereocenters. The number of ketones is 1. The highest BCUT2D eigenvalue weighted by atomic mass is 32.1. The SMILES string of the molecule is O=C(S)CC(=O)c1ccc(O)cc1. The van der Waals surface area contributed by atoms with Crippen molar-refractivity contribution in [1.29, 1.82) is 0 Å². The Morgan fingerprint density at radius 2 is 1.77 bits per heavy atom. The maximum Gasteiger partial charge on any atom is 0.193 e.